The van der Waals surface area contributed by atoms with E-state index in [1.807, 2.05) is 6.07 Å². The maximum absolute atomic E-state index is 13.2. The molecule has 1 aromatic heterocycles. The second kappa shape index (κ2) is 11.1. The second-order valence-corrected chi connectivity index (χ2v) is 7.58. The number of nitrogen functional groups attached to an aromatic ring is 1. The Morgan fingerprint density at radius 1 is 1.24 bits per heavy atom. The Kier molecular flexibility index (Phi) is 8.27. The highest BCUT2D eigenvalue weighted by Gasteiger charge is 2.22. The van der Waals surface area contributed by atoms with Gasteiger partial charge >= 0.3 is 0 Å². The van der Waals surface area contributed by atoms with E-state index in [0.717, 1.165) is 31.9 Å². The molecule has 0 spiro atoms. The third kappa shape index (κ3) is 5.27. The molecule has 3 N–H and O–H groups in total. The standard InChI is InChI=1S/C24H26FN7.HI/c1-2-28-24(31-15-13-17-6-3-4-8-22(17)31)29-14-5-7-21-20(16-26)23(27)32(30-21)19-11-9-18(25)10-12-19;/h3-4,6,8-12H,2,5,7,13-15,27H2,1H3,(H,28,29);1H. The first kappa shape index (κ1) is 24.5. The van der Waals surface area contributed by atoms with Crippen LogP contribution in [0.4, 0.5) is 15.9 Å². The van der Waals surface area contributed by atoms with E-state index in [1.54, 1.807) is 12.1 Å². The van der Waals surface area contributed by atoms with Crippen molar-refractivity contribution in [2.24, 2.45) is 4.99 Å². The average Bonchev–Trinajstić information content (AvgIpc) is 3.37. The number of hydrogen-bond donors (Lipinski definition) is 2. The number of nitriles is 1. The van der Waals surface area contributed by atoms with Crippen molar-refractivity contribution in [1.29, 1.82) is 5.26 Å². The highest BCUT2D eigenvalue weighted by Crippen LogP contribution is 2.27. The summed E-state index contributed by atoms with van der Waals surface area (Å²) in [6.07, 6.45) is 2.30. The van der Waals surface area contributed by atoms with Crippen LogP contribution in [-0.4, -0.2) is 35.4 Å². The molecule has 0 unspecified atom stereocenters. The number of nitrogens with zero attached hydrogens (tertiary/aromatic N) is 5. The molecule has 0 radical (unpaired) electrons. The molecule has 3 aromatic rings. The Hall–Kier alpha value is -3.13. The van der Waals surface area contributed by atoms with Gasteiger partial charge in [-0.2, -0.15) is 10.4 Å². The van der Waals surface area contributed by atoms with Gasteiger partial charge in [0.15, 0.2) is 5.96 Å². The van der Waals surface area contributed by atoms with Crippen LogP contribution in [0.2, 0.25) is 0 Å². The molecule has 33 heavy (non-hydrogen) atoms. The van der Waals surface area contributed by atoms with E-state index in [2.05, 4.69) is 46.5 Å². The van der Waals surface area contributed by atoms with Crippen LogP contribution in [0.25, 0.3) is 5.69 Å². The van der Waals surface area contributed by atoms with Crippen molar-refractivity contribution in [1.82, 2.24) is 15.1 Å². The first-order valence-electron chi connectivity index (χ1n) is 10.8. The Labute approximate surface area is 210 Å². The zero-order chi connectivity index (χ0) is 22.5. The van der Waals surface area contributed by atoms with E-state index in [4.69, 9.17) is 10.7 Å². The summed E-state index contributed by atoms with van der Waals surface area (Å²) in [5, 5.41) is 17.5. The first-order valence-corrected chi connectivity index (χ1v) is 10.8. The predicted molar refractivity (Wildman–Crippen MR) is 140 cm³/mol. The lowest BCUT2D eigenvalue weighted by atomic mass is 10.1. The van der Waals surface area contributed by atoms with E-state index in [-0.39, 0.29) is 35.6 Å². The molecule has 2 heterocycles. The Morgan fingerprint density at radius 2 is 2.00 bits per heavy atom. The van der Waals surface area contributed by atoms with Crippen LogP contribution in [0.15, 0.2) is 53.5 Å². The van der Waals surface area contributed by atoms with Gasteiger partial charge in [-0.15, -0.1) is 24.0 Å². The molecule has 1 aliphatic heterocycles. The monoisotopic (exact) mass is 559 g/mol. The lowest BCUT2D eigenvalue weighted by Crippen LogP contribution is -2.40. The number of aromatic nitrogens is 2. The van der Waals surface area contributed by atoms with Crippen molar-refractivity contribution in [3.05, 3.63) is 71.2 Å². The van der Waals surface area contributed by atoms with Gasteiger partial charge in [0.1, 0.15) is 23.3 Å². The number of aliphatic imine (C=N–C) groups is 1. The molecule has 0 aliphatic carbocycles. The molecule has 0 saturated heterocycles. The summed E-state index contributed by atoms with van der Waals surface area (Å²) in [6, 6.07) is 16.4. The molecular weight excluding hydrogens is 532 g/mol. The van der Waals surface area contributed by atoms with Gasteiger partial charge < -0.3 is 16.0 Å². The zero-order valence-electron chi connectivity index (χ0n) is 18.5. The van der Waals surface area contributed by atoms with Crippen LogP contribution in [0.3, 0.4) is 0 Å². The topological polar surface area (TPSA) is 95.3 Å². The van der Waals surface area contributed by atoms with E-state index in [1.165, 1.54) is 28.1 Å². The highest BCUT2D eigenvalue weighted by atomic mass is 127. The molecular formula is C24H27FIN7. The molecule has 4 rings (SSSR count). The van der Waals surface area contributed by atoms with Gasteiger partial charge in [-0.05, 0) is 62.1 Å². The van der Waals surface area contributed by atoms with Crippen LogP contribution in [0.1, 0.15) is 30.2 Å². The number of aryl methyl sites for hydroxylation is 1. The Balaban J connectivity index is 0.00000306. The maximum Gasteiger partial charge on any atom is 0.198 e. The average molecular weight is 559 g/mol. The lowest BCUT2D eigenvalue weighted by molar-refractivity contribution is 0.627. The smallest absolute Gasteiger partial charge is 0.198 e. The van der Waals surface area contributed by atoms with Crippen LogP contribution in [0.5, 0.6) is 0 Å². The largest absolute Gasteiger partial charge is 0.382 e. The van der Waals surface area contributed by atoms with Gasteiger partial charge in [0.05, 0.1) is 11.4 Å². The number of halogens is 2. The molecule has 0 fully saturated rings. The number of anilines is 2. The third-order valence-electron chi connectivity index (χ3n) is 5.49. The normalized spacial score (nSPS) is 12.8. The van der Waals surface area contributed by atoms with Crippen molar-refractivity contribution in [3.63, 3.8) is 0 Å². The molecule has 1 aliphatic rings. The third-order valence-corrected chi connectivity index (χ3v) is 5.49. The molecule has 0 bridgehead atoms. The van der Waals surface area contributed by atoms with Crippen molar-refractivity contribution in [3.8, 4) is 11.8 Å². The first-order chi connectivity index (χ1) is 15.6. The lowest BCUT2D eigenvalue weighted by Gasteiger charge is -2.22. The number of para-hydroxylation sites is 1. The summed E-state index contributed by atoms with van der Waals surface area (Å²) < 4.78 is 14.7. The molecule has 0 amide bonds. The zero-order valence-corrected chi connectivity index (χ0v) is 20.8. The van der Waals surface area contributed by atoms with Crippen molar-refractivity contribution in [2.75, 3.05) is 30.3 Å². The summed E-state index contributed by atoms with van der Waals surface area (Å²) in [7, 11) is 0. The number of fused-ring (bicyclic) bond motifs is 1. The quantitative estimate of drug-likeness (QED) is 0.206. The molecule has 2 aromatic carbocycles. The minimum absolute atomic E-state index is 0. The fourth-order valence-electron chi connectivity index (χ4n) is 3.94. The maximum atomic E-state index is 13.2. The van der Waals surface area contributed by atoms with E-state index in [9.17, 15) is 9.65 Å². The fourth-order valence-corrected chi connectivity index (χ4v) is 3.94. The van der Waals surface area contributed by atoms with Crippen molar-refractivity contribution >= 4 is 41.4 Å². The van der Waals surface area contributed by atoms with E-state index < -0.39 is 0 Å². The van der Waals surface area contributed by atoms with Crippen molar-refractivity contribution in [2.45, 2.75) is 26.2 Å². The van der Waals surface area contributed by atoms with Crippen LogP contribution < -0.4 is 16.0 Å². The number of guanidine groups is 1. The van der Waals surface area contributed by atoms with Gasteiger partial charge in [-0.3, -0.25) is 4.99 Å². The number of hydrogen-bond acceptors (Lipinski definition) is 4. The van der Waals surface area contributed by atoms with Gasteiger partial charge in [0.2, 0.25) is 0 Å². The minimum Gasteiger partial charge on any atom is -0.382 e. The number of nitrogens with one attached hydrogen (secondary N) is 1. The SMILES string of the molecule is CCNC(=NCCCc1nn(-c2ccc(F)cc2)c(N)c1C#N)N1CCc2ccccc21.I. The van der Waals surface area contributed by atoms with E-state index in [0.29, 0.717) is 29.9 Å². The van der Waals surface area contributed by atoms with Crippen LogP contribution in [0, 0.1) is 17.1 Å². The van der Waals surface area contributed by atoms with Gasteiger partial charge in [0.25, 0.3) is 0 Å². The summed E-state index contributed by atoms with van der Waals surface area (Å²) in [5.41, 5.74) is 10.3. The Bertz CT molecular complexity index is 1160. The molecule has 172 valence electrons. The van der Waals surface area contributed by atoms with E-state index >= 15 is 0 Å². The number of rotatable bonds is 6. The van der Waals surface area contributed by atoms with Crippen LogP contribution in [-0.2, 0) is 12.8 Å². The molecule has 0 atom stereocenters. The fraction of sp³-hybridized carbons (Fsp3) is 0.292. The summed E-state index contributed by atoms with van der Waals surface area (Å²) in [4.78, 5) is 7.03. The van der Waals surface area contributed by atoms with Crippen LogP contribution >= 0.6 is 24.0 Å². The minimum atomic E-state index is -0.338. The second-order valence-electron chi connectivity index (χ2n) is 7.58. The molecule has 7 nitrogen and oxygen atoms in total. The summed E-state index contributed by atoms with van der Waals surface area (Å²) in [5.74, 6) is 0.795. The van der Waals surface area contributed by atoms with Crippen molar-refractivity contribution < 1.29 is 4.39 Å². The van der Waals surface area contributed by atoms with Gasteiger partial charge in [0, 0.05) is 25.3 Å². The molecule has 9 heteroatoms. The van der Waals surface area contributed by atoms with Gasteiger partial charge in [-0.25, -0.2) is 9.07 Å². The van der Waals surface area contributed by atoms with Gasteiger partial charge in [-0.1, -0.05) is 18.2 Å². The predicted octanol–water partition coefficient (Wildman–Crippen LogP) is 4.04. The summed E-state index contributed by atoms with van der Waals surface area (Å²) >= 11 is 0. The Morgan fingerprint density at radius 3 is 2.73 bits per heavy atom. The summed E-state index contributed by atoms with van der Waals surface area (Å²) in [6.45, 7) is 4.34. The highest BCUT2D eigenvalue weighted by molar-refractivity contribution is 14.0. The number of nitrogens with two attached hydrogens (primary N) is 1. The molecule has 0 saturated carbocycles. The number of benzene rings is 2.